The molecule has 168 valence electrons. The van der Waals surface area contributed by atoms with Crippen LogP contribution in [0.1, 0.15) is 28.4 Å². The van der Waals surface area contributed by atoms with Gasteiger partial charge in [0.25, 0.3) is 0 Å². The fourth-order valence-corrected chi connectivity index (χ4v) is 3.50. The van der Waals surface area contributed by atoms with Crippen LogP contribution in [0.5, 0.6) is 11.5 Å². The van der Waals surface area contributed by atoms with E-state index in [1.54, 1.807) is 0 Å². The van der Waals surface area contributed by atoms with Crippen molar-refractivity contribution in [3.8, 4) is 11.5 Å². The van der Waals surface area contributed by atoms with Crippen LogP contribution in [0.25, 0.3) is 0 Å². The van der Waals surface area contributed by atoms with E-state index in [0.717, 1.165) is 22.3 Å². The second kappa shape index (κ2) is 11.9. The molecule has 2 N–H and O–H groups in total. The van der Waals surface area contributed by atoms with Gasteiger partial charge in [-0.05, 0) is 34.4 Å². The van der Waals surface area contributed by atoms with Crippen molar-refractivity contribution in [2.24, 2.45) is 5.73 Å². The third-order valence-electron chi connectivity index (χ3n) is 5.32. The molecule has 0 aliphatic heterocycles. The first-order valence-electron chi connectivity index (χ1n) is 11.1. The molecule has 0 bridgehead atoms. The molecule has 0 spiro atoms. The van der Waals surface area contributed by atoms with E-state index in [1.807, 2.05) is 109 Å². The molecule has 0 heterocycles. The molecule has 0 amide bonds. The Balaban J connectivity index is 1.51. The van der Waals surface area contributed by atoms with E-state index in [2.05, 4.69) is 0 Å². The average Bonchev–Trinajstić information content (AvgIpc) is 2.89. The number of hydrogen-bond acceptors (Lipinski definition) is 4. The molecule has 4 nitrogen and oxygen atoms in total. The summed E-state index contributed by atoms with van der Waals surface area (Å²) in [5, 5.41) is 0. The van der Waals surface area contributed by atoms with E-state index >= 15 is 0 Å². The predicted molar refractivity (Wildman–Crippen MR) is 131 cm³/mol. The molecule has 0 saturated carbocycles. The van der Waals surface area contributed by atoms with Crippen LogP contribution in [-0.2, 0) is 24.6 Å². The number of rotatable bonds is 11. The Kier molecular flexibility index (Phi) is 8.12. The number of ether oxygens (including phenoxy) is 3. The lowest BCUT2D eigenvalue weighted by Crippen LogP contribution is -2.16. The molecule has 0 aliphatic carbocycles. The van der Waals surface area contributed by atoms with Gasteiger partial charge in [0.15, 0.2) is 11.5 Å². The van der Waals surface area contributed by atoms with Gasteiger partial charge in [0.1, 0.15) is 13.2 Å². The number of nitrogens with two attached hydrogens (primary N) is 1. The first kappa shape index (κ1) is 22.6. The second-order valence-corrected chi connectivity index (χ2v) is 7.78. The maximum Gasteiger partial charge on any atom is 0.162 e. The van der Waals surface area contributed by atoms with Crippen LogP contribution in [0.3, 0.4) is 0 Å². The lowest BCUT2D eigenvalue weighted by atomic mass is 10.1. The summed E-state index contributed by atoms with van der Waals surface area (Å²) in [6, 6.07) is 36.2. The van der Waals surface area contributed by atoms with Crippen molar-refractivity contribution in [1.82, 2.24) is 0 Å². The normalized spacial score (nSPS) is 11.7. The van der Waals surface area contributed by atoms with Gasteiger partial charge in [0.2, 0.25) is 0 Å². The zero-order valence-electron chi connectivity index (χ0n) is 18.6. The highest BCUT2D eigenvalue weighted by atomic mass is 16.5. The topological polar surface area (TPSA) is 53.7 Å². The summed E-state index contributed by atoms with van der Waals surface area (Å²) in [6.45, 7) is 1.78. The highest BCUT2D eigenvalue weighted by Crippen LogP contribution is 2.33. The Morgan fingerprint density at radius 3 is 1.55 bits per heavy atom. The number of benzene rings is 4. The summed E-state index contributed by atoms with van der Waals surface area (Å²) in [5.41, 5.74) is 10.3. The van der Waals surface area contributed by atoms with Crippen LogP contribution in [0.2, 0.25) is 0 Å². The monoisotopic (exact) mass is 439 g/mol. The van der Waals surface area contributed by atoms with Crippen molar-refractivity contribution in [1.29, 1.82) is 0 Å². The molecule has 4 aromatic carbocycles. The van der Waals surface area contributed by atoms with Gasteiger partial charge in [-0.3, -0.25) is 0 Å². The largest absolute Gasteiger partial charge is 0.485 e. The van der Waals surface area contributed by atoms with Gasteiger partial charge in [-0.1, -0.05) is 97.1 Å². The summed E-state index contributed by atoms with van der Waals surface area (Å²) >= 11 is 0. The molecule has 0 fully saturated rings. The Morgan fingerprint density at radius 2 is 1.03 bits per heavy atom. The highest BCUT2D eigenvalue weighted by Gasteiger charge is 2.15. The molecule has 4 rings (SSSR count). The van der Waals surface area contributed by atoms with Crippen LogP contribution in [0.4, 0.5) is 0 Å². The molecule has 0 aliphatic rings. The van der Waals surface area contributed by atoms with E-state index in [4.69, 9.17) is 19.9 Å². The van der Waals surface area contributed by atoms with E-state index in [9.17, 15) is 0 Å². The van der Waals surface area contributed by atoms with Crippen LogP contribution >= 0.6 is 0 Å². The van der Waals surface area contributed by atoms with E-state index < -0.39 is 0 Å². The van der Waals surface area contributed by atoms with E-state index in [1.165, 1.54) is 0 Å². The SMILES string of the molecule is NC[C@H](OCc1ccccc1)c1ccc(OCc2ccccc2)c(OCc2ccccc2)c1. The minimum atomic E-state index is -0.243. The fraction of sp³-hybridized carbons (Fsp3) is 0.172. The van der Waals surface area contributed by atoms with Crippen molar-refractivity contribution < 1.29 is 14.2 Å². The average molecular weight is 440 g/mol. The summed E-state index contributed by atoms with van der Waals surface area (Å²) in [5.74, 6) is 1.37. The maximum atomic E-state index is 6.19. The molecule has 1 atom stereocenters. The fourth-order valence-electron chi connectivity index (χ4n) is 3.50. The second-order valence-electron chi connectivity index (χ2n) is 7.78. The first-order valence-corrected chi connectivity index (χ1v) is 11.1. The van der Waals surface area contributed by atoms with Crippen molar-refractivity contribution >= 4 is 0 Å². The minimum Gasteiger partial charge on any atom is -0.485 e. The van der Waals surface area contributed by atoms with Crippen molar-refractivity contribution in [2.75, 3.05) is 6.54 Å². The Morgan fingerprint density at radius 1 is 0.545 bits per heavy atom. The zero-order chi connectivity index (χ0) is 22.7. The van der Waals surface area contributed by atoms with Crippen molar-refractivity contribution in [2.45, 2.75) is 25.9 Å². The molecule has 0 saturated heterocycles. The maximum absolute atomic E-state index is 6.19. The molecule has 0 unspecified atom stereocenters. The Labute approximate surface area is 195 Å². The van der Waals surface area contributed by atoms with Gasteiger partial charge >= 0.3 is 0 Å². The van der Waals surface area contributed by atoms with E-state index in [0.29, 0.717) is 37.9 Å². The molecule has 33 heavy (non-hydrogen) atoms. The molecular formula is C29H29NO3. The minimum absolute atomic E-state index is 0.243. The van der Waals surface area contributed by atoms with Crippen LogP contribution in [0.15, 0.2) is 109 Å². The predicted octanol–water partition coefficient (Wildman–Crippen LogP) is 6.06. The van der Waals surface area contributed by atoms with Gasteiger partial charge in [0.05, 0.1) is 12.7 Å². The zero-order valence-corrected chi connectivity index (χ0v) is 18.6. The molecule has 0 aromatic heterocycles. The van der Waals surface area contributed by atoms with Gasteiger partial charge in [-0.2, -0.15) is 0 Å². The standard InChI is InChI=1S/C29H29NO3/c30-19-29(33-22-25-14-8-3-9-15-25)26-16-17-27(31-20-23-10-4-1-5-11-23)28(18-26)32-21-24-12-6-2-7-13-24/h1-18,29H,19-22,30H2/t29-/m0/s1. The van der Waals surface area contributed by atoms with Gasteiger partial charge in [0, 0.05) is 6.54 Å². The van der Waals surface area contributed by atoms with Gasteiger partial charge < -0.3 is 19.9 Å². The third kappa shape index (κ3) is 6.69. The van der Waals surface area contributed by atoms with Crippen LogP contribution < -0.4 is 15.2 Å². The summed E-state index contributed by atoms with van der Waals surface area (Å²) in [4.78, 5) is 0. The summed E-state index contributed by atoms with van der Waals surface area (Å²) in [6.07, 6.45) is -0.243. The van der Waals surface area contributed by atoms with Crippen molar-refractivity contribution in [3.05, 3.63) is 131 Å². The first-order chi connectivity index (χ1) is 16.3. The summed E-state index contributed by atoms with van der Waals surface area (Å²) in [7, 11) is 0. The highest BCUT2D eigenvalue weighted by molar-refractivity contribution is 5.44. The number of hydrogen-bond donors (Lipinski definition) is 1. The van der Waals surface area contributed by atoms with Crippen LogP contribution in [0, 0.1) is 0 Å². The molecule has 0 radical (unpaired) electrons. The van der Waals surface area contributed by atoms with Gasteiger partial charge in [-0.15, -0.1) is 0 Å². The lowest BCUT2D eigenvalue weighted by Gasteiger charge is -2.19. The van der Waals surface area contributed by atoms with Crippen LogP contribution in [-0.4, -0.2) is 6.54 Å². The quantitative estimate of drug-likeness (QED) is 0.309. The molecule has 4 aromatic rings. The van der Waals surface area contributed by atoms with E-state index in [-0.39, 0.29) is 6.10 Å². The Bertz CT molecular complexity index is 1100. The Hall–Kier alpha value is -3.60. The van der Waals surface area contributed by atoms with Gasteiger partial charge in [-0.25, -0.2) is 0 Å². The van der Waals surface area contributed by atoms with Crippen molar-refractivity contribution in [3.63, 3.8) is 0 Å². The molecule has 4 heteroatoms. The smallest absolute Gasteiger partial charge is 0.162 e. The molecular weight excluding hydrogens is 410 g/mol. The lowest BCUT2D eigenvalue weighted by molar-refractivity contribution is 0.0454. The summed E-state index contributed by atoms with van der Waals surface area (Å²) < 4.78 is 18.4. The third-order valence-corrected chi connectivity index (χ3v) is 5.32.